The van der Waals surface area contributed by atoms with E-state index in [1.54, 1.807) is 6.21 Å². The van der Waals surface area contributed by atoms with E-state index < -0.39 is 0 Å². The number of nitrogens with one attached hydrogen (secondary N) is 1. The Morgan fingerprint density at radius 1 is 0.909 bits per heavy atom. The average Bonchev–Trinajstić information content (AvgIpc) is 3.24. The van der Waals surface area contributed by atoms with Crippen molar-refractivity contribution in [3.63, 3.8) is 0 Å². The Morgan fingerprint density at radius 3 is 2.27 bits per heavy atom. The molecule has 0 saturated carbocycles. The third-order valence-electron chi connectivity index (χ3n) is 2.53. The molecule has 0 unspecified atom stereocenters. The van der Waals surface area contributed by atoms with Crippen LogP contribution in [0.1, 0.15) is 0 Å². The van der Waals surface area contributed by atoms with Gasteiger partial charge in [0.25, 0.3) is 0 Å². The molecule has 0 fully saturated rings. The molecule has 2 aliphatic carbocycles. The molecule has 0 atom stereocenters. The third kappa shape index (κ3) is 7.50. The van der Waals surface area contributed by atoms with E-state index >= 15 is 0 Å². The van der Waals surface area contributed by atoms with Gasteiger partial charge in [0, 0.05) is 35.5 Å². The molecule has 1 aromatic carbocycles. The van der Waals surface area contributed by atoms with Crippen LogP contribution in [0.2, 0.25) is 0 Å². The average molecular weight is 328 g/mol. The molecule has 2 nitrogen and oxygen atoms in total. The minimum atomic E-state index is 0. The Kier molecular flexibility index (Phi) is 9.21. The van der Waals surface area contributed by atoms with Gasteiger partial charge in [-0.1, -0.05) is 66.7 Å². The van der Waals surface area contributed by atoms with Crippen molar-refractivity contribution in [2.75, 3.05) is 5.43 Å². The van der Waals surface area contributed by atoms with Gasteiger partial charge in [0.05, 0.1) is 11.9 Å². The summed E-state index contributed by atoms with van der Waals surface area (Å²) in [7, 11) is 0. The first-order chi connectivity index (χ1) is 10.4. The van der Waals surface area contributed by atoms with Gasteiger partial charge in [-0.15, -0.1) is 0 Å². The predicted octanol–water partition coefficient (Wildman–Crippen LogP) is 4.10. The van der Waals surface area contributed by atoms with E-state index in [0.717, 1.165) is 11.3 Å². The predicted molar refractivity (Wildman–Crippen MR) is 90.4 cm³/mol. The molecular formula is C19H16FeN2. The molecule has 22 heavy (non-hydrogen) atoms. The second kappa shape index (κ2) is 11.4. The summed E-state index contributed by atoms with van der Waals surface area (Å²) in [6.07, 6.45) is 19.4. The smallest absolute Gasteiger partial charge is 0.0974 e. The number of rotatable bonds is 2. The maximum absolute atomic E-state index is 3.99. The summed E-state index contributed by atoms with van der Waals surface area (Å²) in [5.41, 5.74) is 4.85. The summed E-state index contributed by atoms with van der Waals surface area (Å²) in [5.74, 6) is 5.83. The monoisotopic (exact) mass is 328 g/mol. The van der Waals surface area contributed by atoms with E-state index in [1.807, 2.05) is 85.7 Å². The molecule has 2 radical (unpaired) electrons. The fourth-order valence-electron chi connectivity index (χ4n) is 1.55. The number of hydrazone groups is 1. The Labute approximate surface area is 142 Å². The molecule has 0 aromatic heterocycles. The fraction of sp³-hybridized carbons (Fsp3) is 0. The normalized spacial score (nSPS) is 13.7. The molecule has 1 N–H and O–H groups in total. The number of anilines is 1. The molecule has 110 valence electrons. The van der Waals surface area contributed by atoms with Gasteiger partial charge in [-0.05, 0) is 18.1 Å². The zero-order chi connectivity index (χ0) is 14.6. The summed E-state index contributed by atoms with van der Waals surface area (Å²) in [6.45, 7) is 0. The minimum Gasteiger partial charge on any atom is -0.278 e. The first kappa shape index (κ1) is 17.8. The van der Waals surface area contributed by atoms with Crippen molar-refractivity contribution < 1.29 is 17.1 Å². The summed E-state index contributed by atoms with van der Waals surface area (Å²) in [6, 6.07) is 9.76. The van der Waals surface area contributed by atoms with Crippen LogP contribution >= 0.6 is 0 Å². The second-order valence-electron chi connectivity index (χ2n) is 4.14. The molecular weight excluding hydrogens is 312 g/mol. The molecule has 0 saturated heterocycles. The van der Waals surface area contributed by atoms with E-state index in [0.29, 0.717) is 0 Å². The van der Waals surface area contributed by atoms with Crippen molar-refractivity contribution in [2.45, 2.75) is 0 Å². The fourth-order valence-corrected chi connectivity index (χ4v) is 1.55. The van der Waals surface area contributed by atoms with Crippen LogP contribution in [0.5, 0.6) is 0 Å². The molecule has 0 aliphatic heterocycles. The summed E-state index contributed by atoms with van der Waals surface area (Å²) < 4.78 is 0. The minimum absolute atomic E-state index is 0. The van der Waals surface area contributed by atoms with Crippen molar-refractivity contribution in [1.82, 2.24) is 0 Å². The van der Waals surface area contributed by atoms with Crippen LogP contribution in [0, 0.1) is 24.7 Å². The number of para-hydroxylation sites is 1. The number of allylic oxidation sites excluding steroid dienone is 8. The molecule has 3 heteroatoms. The Balaban J connectivity index is 0.000000344. The van der Waals surface area contributed by atoms with Gasteiger partial charge in [0.15, 0.2) is 0 Å². The second-order valence-corrected chi connectivity index (χ2v) is 4.14. The van der Waals surface area contributed by atoms with Crippen molar-refractivity contribution in [3.05, 3.63) is 91.3 Å². The Bertz CT molecular complexity index is 631. The van der Waals surface area contributed by atoms with Crippen molar-refractivity contribution in [3.8, 4) is 11.8 Å². The maximum Gasteiger partial charge on any atom is 0.0974 e. The molecule has 1 aromatic rings. The van der Waals surface area contributed by atoms with E-state index in [-0.39, 0.29) is 17.1 Å². The zero-order valence-electron chi connectivity index (χ0n) is 12.0. The zero-order valence-corrected chi connectivity index (χ0v) is 13.1. The van der Waals surface area contributed by atoms with E-state index in [4.69, 9.17) is 0 Å². The summed E-state index contributed by atoms with van der Waals surface area (Å²) in [5, 5.41) is 3.99. The molecule has 0 heterocycles. The van der Waals surface area contributed by atoms with Crippen molar-refractivity contribution in [1.29, 1.82) is 0 Å². The Hall–Kier alpha value is -2.27. The topological polar surface area (TPSA) is 24.4 Å². The van der Waals surface area contributed by atoms with Crippen LogP contribution < -0.4 is 5.43 Å². The first-order valence-corrected chi connectivity index (χ1v) is 6.68. The van der Waals surface area contributed by atoms with Gasteiger partial charge in [-0.3, -0.25) is 5.43 Å². The number of benzene rings is 1. The quantitative estimate of drug-likeness (QED) is 0.376. The van der Waals surface area contributed by atoms with E-state index in [2.05, 4.69) is 22.4 Å². The molecule has 3 rings (SSSR count). The standard InChI is InChI=1S/C14H11N2.C5H5.Fe/c1-2-10-14(11-3-1)16-15-12-6-9-13-7-4-5-8-13;1-2-4-5-3-1;/h1-5,7-8,10-12,16H;1-5H;/b15-12-;;. The van der Waals surface area contributed by atoms with Crippen molar-refractivity contribution >= 4 is 11.9 Å². The van der Waals surface area contributed by atoms with Crippen molar-refractivity contribution in [2.24, 2.45) is 5.10 Å². The summed E-state index contributed by atoms with van der Waals surface area (Å²) >= 11 is 0. The molecule has 2 aliphatic rings. The third-order valence-corrected chi connectivity index (χ3v) is 2.53. The van der Waals surface area contributed by atoms with Gasteiger partial charge in [-0.2, -0.15) is 5.10 Å². The van der Waals surface area contributed by atoms with Crippen LogP contribution in [0.3, 0.4) is 0 Å². The van der Waals surface area contributed by atoms with Crippen LogP contribution in [0.15, 0.2) is 83.5 Å². The van der Waals surface area contributed by atoms with Crippen LogP contribution in [-0.4, -0.2) is 6.21 Å². The van der Waals surface area contributed by atoms with Crippen LogP contribution in [-0.2, 0) is 17.1 Å². The van der Waals surface area contributed by atoms with Gasteiger partial charge in [-0.25, -0.2) is 0 Å². The van der Waals surface area contributed by atoms with Gasteiger partial charge in [0.2, 0.25) is 0 Å². The van der Waals surface area contributed by atoms with Gasteiger partial charge >= 0.3 is 0 Å². The van der Waals surface area contributed by atoms with Gasteiger partial charge in [0.1, 0.15) is 0 Å². The Morgan fingerprint density at radius 2 is 1.68 bits per heavy atom. The van der Waals surface area contributed by atoms with Gasteiger partial charge < -0.3 is 0 Å². The molecule has 0 bridgehead atoms. The van der Waals surface area contributed by atoms with E-state index in [9.17, 15) is 0 Å². The first-order valence-electron chi connectivity index (χ1n) is 6.68. The number of nitrogens with zero attached hydrogens (tertiary/aromatic N) is 1. The SMILES string of the molecule is C(#CC1=C[CH]C=C1)/C=N\Nc1ccccc1.[CH]1C=CC=C1.[Fe]. The molecule has 0 spiro atoms. The van der Waals surface area contributed by atoms with E-state index in [1.165, 1.54) is 0 Å². The van der Waals surface area contributed by atoms with Crippen LogP contribution in [0.4, 0.5) is 5.69 Å². The maximum atomic E-state index is 3.99. The number of hydrogen-bond acceptors (Lipinski definition) is 2. The molecule has 0 amide bonds. The van der Waals surface area contributed by atoms with Crippen LogP contribution in [0.25, 0.3) is 0 Å². The number of hydrogen-bond donors (Lipinski definition) is 1. The largest absolute Gasteiger partial charge is 0.278 e. The summed E-state index contributed by atoms with van der Waals surface area (Å²) in [4.78, 5) is 0.